The summed E-state index contributed by atoms with van der Waals surface area (Å²) in [4.78, 5) is 9.48. The zero-order chi connectivity index (χ0) is 17.9. The molecule has 0 aliphatic rings. The topological polar surface area (TPSA) is 47.0 Å². The highest BCUT2D eigenvalue weighted by molar-refractivity contribution is 9.10. The molecule has 4 rings (SSSR count). The fourth-order valence-corrected chi connectivity index (χ4v) is 3.17. The van der Waals surface area contributed by atoms with Gasteiger partial charge < -0.3 is 10.1 Å². The van der Waals surface area contributed by atoms with E-state index in [0.29, 0.717) is 5.82 Å². The zero-order valence-electron chi connectivity index (χ0n) is 14.1. The molecule has 0 fully saturated rings. The summed E-state index contributed by atoms with van der Waals surface area (Å²) < 4.78 is 6.29. The van der Waals surface area contributed by atoms with Crippen LogP contribution in [-0.2, 0) is 0 Å². The Bertz CT molecular complexity index is 1070. The molecular weight excluding hydrogens is 390 g/mol. The molecule has 1 heterocycles. The van der Waals surface area contributed by atoms with Crippen LogP contribution < -0.4 is 10.1 Å². The molecule has 0 atom stereocenters. The maximum Gasteiger partial charge on any atom is 0.162 e. The van der Waals surface area contributed by atoms with Gasteiger partial charge >= 0.3 is 0 Å². The van der Waals surface area contributed by atoms with Crippen LogP contribution in [0.5, 0.6) is 5.75 Å². The Hall–Kier alpha value is -2.92. The number of hydrogen-bond acceptors (Lipinski definition) is 4. The minimum Gasteiger partial charge on any atom is -0.495 e. The first-order valence-corrected chi connectivity index (χ1v) is 8.96. The Kier molecular flexibility index (Phi) is 4.54. The van der Waals surface area contributed by atoms with Crippen molar-refractivity contribution in [3.05, 3.63) is 77.3 Å². The average molecular weight is 406 g/mol. The molecule has 0 saturated carbocycles. The van der Waals surface area contributed by atoms with E-state index in [9.17, 15) is 0 Å². The average Bonchev–Trinajstić information content (AvgIpc) is 2.70. The first-order chi connectivity index (χ1) is 12.7. The summed E-state index contributed by atoms with van der Waals surface area (Å²) in [6.45, 7) is 0. The molecule has 4 aromatic rings. The molecule has 0 spiro atoms. The molecule has 26 heavy (non-hydrogen) atoms. The Morgan fingerprint density at radius 2 is 1.65 bits per heavy atom. The minimum atomic E-state index is 0.691. The number of anilines is 2. The molecular formula is C21H16BrN3O. The second-order valence-corrected chi connectivity index (χ2v) is 6.61. The van der Waals surface area contributed by atoms with Crippen LogP contribution in [0.2, 0.25) is 0 Å². The number of hydrogen-bond donors (Lipinski definition) is 1. The van der Waals surface area contributed by atoms with Gasteiger partial charge in [-0.2, -0.15) is 0 Å². The van der Waals surface area contributed by atoms with Gasteiger partial charge in [-0.25, -0.2) is 9.97 Å². The summed E-state index contributed by atoms with van der Waals surface area (Å²) in [5.74, 6) is 2.21. The van der Waals surface area contributed by atoms with Gasteiger partial charge in [-0.3, -0.25) is 0 Å². The van der Waals surface area contributed by atoms with E-state index in [1.807, 2.05) is 72.8 Å². The molecule has 0 aliphatic carbocycles. The molecule has 4 nitrogen and oxygen atoms in total. The first kappa shape index (κ1) is 16.5. The lowest BCUT2D eigenvalue weighted by atomic mass is 10.2. The van der Waals surface area contributed by atoms with Crippen LogP contribution in [0.3, 0.4) is 0 Å². The van der Waals surface area contributed by atoms with Gasteiger partial charge in [0.2, 0.25) is 0 Å². The quantitative estimate of drug-likeness (QED) is 0.465. The van der Waals surface area contributed by atoms with Crippen LogP contribution in [0.15, 0.2) is 77.3 Å². The molecule has 0 amide bonds. The summed E-state index contributed by atoms with van der Waals surface area (Å²) >= 11 is 3.48. The molecule has 1 N–H and O–H groups in total. The highest BCUT2D eigenvalue weighted by Crippen LogP contribution is 2.31. The number of fused-ring (bicyclic) bond motifs is 1. The van der Waals surface area contributed by atoms with Gasteiger partial charge in [-0.15, -0.1) is 0 Å². The van der Waals surface area contributed by atoms with Crippen LogP contribution in [0, 0.1) is 0 Å². The number of nitrogens with zero attached hydrogens (tertiary/aromatic N) is 2. The van der Waals surface area contributed by atoms with E-state index in [2.05, 4.69) is 21.2 Å². The van der Waals surface area contributed by atoms with Crippen molar-refractivity contribution >= 4 is 38.3 Å². The summed E-state index contributed by atoms with van der Waals surface area (Å²) in [5, 5.41) is 4.37. The number of nitrogens with one attached hydrogen (secondary N) is 1. The normalized spacial score (nSPS) is 10.7. The number of rotatable bonds is 4. The van der Waals surface area contributed by atoms with E-state index in [1.165, 1.54) is 0 Å². The zero-order valence-corrected chi connectivity index (χ0v) is 15.7. The van der Waals surface area contributed by atoms with E-state index in [4.69, 9.17) is 14.7 Å². The van der Waals surface area contributed by atoms with Crippen molar-refractivity contribution in [1.82, 2.24) is 9.97 Å². The fraction of sp³-hybridized carbons (Fsp3) is 0.0476. The van der Waals surface area contributed by atoms with E-state index < -0.39 is 0 Å². The molecule has 1 aromatic heterocycles. The van der Waals surface area contributed by atoms with Crippen LogP contribution >= 0.6 is 15.9 Å². The Labute approximate surface area is 160 Å². The fourth-order valence-electron chi connectivity index (χ4n) is 2.76. The third kappa shape index (κ3) is 3.26. The predicted octanol–water partition coefficient (Wildman–Crippen LogP) is 5.81. The number of aromatic nitrogens is 2. The standard InChI is InChI=1S/C21H16BrN3O/c1-26-19-13-15(11-12-17(19)22)23-21-16-9-5-6-10-18(16)24-20(25-21)14-7-3-2-4-8-14/h2-13H,1H3,(H,23,24,25). The Morgan fingerprint density at radius 3 is 2.46 bits per heavy atom. The second-order valence-electron chi connectivity index (χ2n) is 5.75. The molecule has 5 heteroatoms. The third-order valence-electron chi connectivity index (χ3n) is 4.05. The van der Waals surface area contributed by atoms with Gasteiger partial charge in [0.1, 0.15) is 11.6 Å². The molecule has 0 aliphatic heterocycles. The third-order valence-corrected chi connectivity index (χ3v) is 4.70. The maximum absolute atomic E-state index is 5.38. The van der Waals surface area contributed by atoms with Gasteiger partial charge in [-0.05, 0) is 40.2 Å². The van der Waals surface area contributed by atoms with E-state index in [0.717, 1.165) is 38.2 Å². The first-order valence-electron chi connectivity index (χ1n) is 8.17. The summed E-state index contributed by atoms with van der Waals surface area (Å²) in [5.41, 5.74) is 2.77. The number of ether oxygens (including phenoxy) is 1. The Balaban J connectivity index is 1.83. The summed E-state index contributed by atoms with van der Waals surface area (Å²) in [7, 11) is 1.65. The minimum absolute atomic E-state index is 0.691. The van der Waals surface area contributed by atoms with Crippen molar-refractivity contribution in [3.63, 3.8) is 0 Å². The van der Waals surface area contributed by atoms with Crippen LogP contribution in [-0.4, -0.2) is 17.1 Å². The monoisotopic (exact) mass is 405 g/mol. The molecule has 3 aromatic carbocycles. The summed E-state index contributed by atoms with van der Waals surface area (Å²) in [6, 6.07) is 23.8. The van der Waals surface area contributed by atoms with Crippen LogP contribution in [0.4, 0.5) is 11.5 Å². The lowest BCUT2D eigenvalue weighted by Gasteiger charge is -2.12. The molecule has 0 unspecified atom stereocenters. The van der Waals surface area contributed by atoms with E-state index in [-0.39, 0.29) is 0 Å². The van der Waals surface area contributed by atoms with Gasteiger partial charge in [0, 0.05) is 22.7 Å². The van der Waals surface area contributed by atoms with E-state index >= 15 is 0 Å². The Morgan fingerprint density at radius 1 is 0.885 bits per heavy atom. The number of benzene rings is 3. The van der Waals surface area contributed by atoms with E-state index in [1.54, 1.807) is 7.11 Å². The van der Waals surface area contributed by atoms with Crippen molar-refractivity contribution in [1.29, 1.82) is 0 Å². The second kappa shape index (κ2) is 7.14. The van der Waals surface area contributed by atoms with Crippen LogP contribution in [0.1, 0.15) is 0 Å². The number of methoxy groups -OCH3 is 1. The van der Waals surface area contributed by atoms with Gasteiger partial charge in [-0.1, -0.05) is 42.5 Å². The van der Waals surface area contributed by atoms with Gasteiger partial charge in [0.25, 0.3) is 0 Å². The summed E-state index contributed by atoms with van der Waals surface area (Å²) in [6.07, 6.45) is 0. The SMILES string of the molecule is COc1cc(Nc2nc(-c3ccccc3)nc3ccccc23)ccc1Br. The van der Waals surface area contributed by atoms with Crippen molar-refractivity contribution in [2.75, 3.05) is 12.4 Å². The van der Waals surface area contributed by atoms with Crippen molar-refractivity contribution < 1.29 is 4.74 Å². The smallest absolute Gasteiger partial charge is 0.162 e. The number of para-hydroxylation sites is 1. The highest BCUT2D eigenvalue weighted by Gasteiger charge is 2.10. The lowest BCUT2D eigenvalue weighted by molar-refractivity contribution is 0.412. The molecule has 0 bridgehead atoms. The van der Waals surface area contributed by atoms with Gasteiger partial charge in [0.15, 0.2) is 5.82 Å². The molecule has 128 valence electrons. The molecule has 0 radical (unpaired) electrons. The largest absolute Gasteiger partial charge is 0.495 e. The lowest BCUT2D eigenvalue weighted by Crippen LogP contribution is -1.99. The van der Waals surface area contributed by atoms with Gasteiger partial charge in [0.05, 0.1) is 17.1 Å². The van der Waals surface area contributed by atoms with Crippen molar-refractivity contribution in [3.8, 4) is 17.1 Å². The van der Waals surface area contributed by atoms with Crippen molar-refractivity contribution in [2.24, 2.45) is 0 Å². The van der Waals surface area contributed by atoms with Crippen LogP contribution in [0.25, 0.3) is 22.3 Å². The highest BCUT2D eigenvalue weighted by atomic mass is 79.9. The predicted molar refractivity (Wildman–Crippen MR) is 109 cm³/mol. The number of halogens is 1. The maximum atomic E-state index is 5.38. The molecule has 0 saturated heterocycles. The van der Waals surface area contributed by atoms with Crippen molar-refractivity contribution in [2.45, 2.75) is 0 Å².